The van der Waals surface area contributed by atoms with Gasteiger partial charge >= 0.3 is 6.18 Å². The number of alkyl halides is 5. The van der Waals surface area contributed by atoms with Gasteiger partial charge in [0.1, 0.15) is 5.69 Å². The largest absolute Gasteiger partial charge is 0.480 e. The molecule has 0 bridgehead atoms. The molecular weight excluding hydrogens is 348 g/mol. The number of rotatable bonds is 2. The lowest BCUT2D eigenvalue weighted by Crippen LogP contribution is -2.12. The van der Waals surface area contributed by atoms with Crippen molar-refractivity contribution in [2.45, 2.75) is 12.6 Å². The van der Waals surface area contributed by atoms with Crippen LogP contribution < -0.4 is 4.74 Å². The van der Waals surface area contributed by atoms with Crippen molar-refractivity contribution in [1.29, 1.82) is 0 Å². The van der Waals surface area contributed by atoms with E-state index in [9.17, 15) is 22.0 Å². The maximum atomic E-state index is 12.4. The third kappa shape index (κ3) is 2.71. The van der Waals surface area contributed by atoms with E-state index in [-0.39, 0.29) is 9.45 Å². The van der Waals surface area contributed by atoms with E-state index >= 15 is 0 Å². The van der Waals surface area contributed by atoms with Crippen LogP contribution in [-0.2, 0) is 6.18 Å². The van der Waals surface area contributed by atoms with E-state index in [2.05, 4.69) is 9.72 Å². The second-order valence-electron chi connectivity index (χ2n) is 2.71. The van der Waals surface area contributed by atoms with Gasteiger partial charge < -0.3 is 4.74 Å². The lowest BCUT2D eigenvalue weighted by Gasteiger charge is -2.13. The zero-order valence-corrected chi connectivity index (χ0v) is 9.94. The molecule has 0 aliphatic rings. The highest BCUT2D eigenvalue weighted by Crippen LogP contribution is 2.38. The van der Waals surface area contributed by atoms with Crippen LogP contribution in [0.5, 0.6) is 5.88 Å². The Morgan fingerprint density at radius 2 is 1.94 bits per heavy atom. The molecule has 1 aromatic heterocycles. The SMILES string of the molecule is COc1nc(C(F)F)c(C(F)(F)F)cc1I. The minimum absolute atomic E-state index is 0.0248. The van der Waals surface area contributed by atoms with Crippen LogP contribution >= 0.6 is 22.6 Å². The number of halogens is 6. The molecule has 1 heterocycles. The molecule has 0 aliphatic heterocycles. The van der Waals surface area contributed by atoms with Crippen molar-refractivity contribution in [3.8, 4) is 5.88 Å². The maximum absolute atomic E-state index is 12.4. The topological polar surface area (TPSA) is 22.1 Å². The third-order valence-corrected chi connectivity index (χ3v) is 2.45. The van der Waals surface area contributed by atoms with Gasteiger partial charge in [0.25, 0.3) is 6.43 Å². The summed E-state index contributed by atoms with van der Waals surface area (Å²) in [7, 11) is 1.15. The molecule has 2 nitrogen and oxygen atoms in total. The summed E-state index contributed by atoms with van der Waals surface area (Å²) >= 11 is 1.53. The Bertz CT molecular complexity index is 393. The van der Waals surface area contributed by atoms with Gasteiger partial charge in [-0.2, -0.15) is 13.2 Å². The summed E-state index contributed by atoms with van der Waals surface area (Å²) in [5, 5.41) is 0. The lowest BCUT2D eigenvalue weighted by atomic mass is 10.2. The Labute approximate surface area is 101 Å². The highest BCUT2D eigenvalue weighted by molar-refractivity contribution is 14.1. The number of ether oxygens (including phenoxy) is 1. The fourth-order valence-corrected chi connectivity index (χ4v) is 1.67. The molecule has 0 fully saturated rings. The molecule has 0 spiro atoms. The number of hydrogen-bond donors (Lipinski definition) is 0. The minimum Gasteiger partial charge on any atom is -0.480 e. The normalized spacial score (nSPS) is 12.0. The monoisotopic (exact) mass is 353 g/mol. The molecule has 0 N–H and O–H groups in total. The minimum atomic E-state index is -4.86. The average molecular weight is 353 g/mol. The van der Waals surface area contributed by atoms with Crippen LogP contribution in [0.2, 0.25) is 0 Å². The standard InChI is InChI=1S/C8H5F5INO/c1-16-7-4(14)2-3(8(11,12)13)5(15-7)6(9)10/h2,6H,1H3. The van der Waals surface area contributed by atoms with Gasteiger partial charge in [-0.3, -0.25) is 0 Å². The summed E-state index contributed by atoms with van der Waals surface area (Å²) in [4.78, 5) is 3.16. The van der Waals surface area contributed by atoms with E-state index in [1.807, 2.05) is 0 Å². The van der Waals surface area contributed by atoms with Crippen LogP contribution in [0, 0.1) is 3.57 Å². The van der Waals surface area contributed by atoms with Crippen molar-refractivity contribution in [3.05, 3.63) is 20.9 Å². The van der Waals surface area contributed by atoms with Crippen LogP contribution in [0.1, 0.15) is 17.7 Å². The molecule has 1 rings (SSSR count). The van der Waals surface area contributed by atoms with E-state index in [4.69, 9.17) is 0 Å². The zero-order chi connectivity index (χ0) is 12.5. The highest BCUT2D eigenvalue weighted by Gasteiger charge is 2.37. The maximum Gasteiger partial charge on any atom is 0.418 e. The Hall–Kier alpha value is -0.670. The molecule has 0 amide bonds. The van der Waals surface area contributed by atoms with E-state index in [0.29, 0.717) is 6.07 Å². The van der Waals surface area contributed by atoms with Gasteiger partial charge in [0.05, 0.1) is 16.2 Å². The molecule has 0 radical (unpaired) electrons. The van der Waals surface area contributed by atoms with Crippen LogP contribution in [0.15, 0.2) is 6.07 Å². The van der Waals surface area contributed by atoms with Crippen molar-refractivity contribution in [2.75, 3.05) is 7.11 Å². The van der Waals surface area contributed by atoms with E-state index in [1.54, 1.807) is 0 Å². The molecule has 0 unspecified atom stereocenters. The van der Waals surface area contributed by atoms with Crippen molar-refractivity contribution in [1.82, 2.24) is 4.98 Å². The van der Waals surface area contributed by atoms with Crippen LogP contribution in [0.4, 0.5) is 22.0 Å². The first kappa shape index (κ1) is 13.4. The number of aromatic nitrogens is 1. The summed E-state index contributed by atoms with van der Waals surface area (Å²) in [6.45, 7) is 0. The van der Waals surface area contributed by atoms with Gasteiger partial charge in [0.2, 0.25) is 5.88 Å². The van der Waals surface area contributed by atoms with E-state index in [1.165, 1.54) is 22.6 Å². The van der Waals surface area contributed by atoms with Crippen LogP contribution in [-0.4, -0.2) is 12.1 Å². The number of nitrogens with zero attached hydrogens (tertiary/aromatic N) is 1. The fourth-order valence-electron chi connectivity index (χ4n) is 1.02. The first-order valence-corrected chi connectivity index (χ1v) is 4.95. The molecule has 16 heavy (non-hydrogen) atoms. The fraction of sp³-hybridized carbons (Fsp3) is 0.375. The Morgan fingerprint density at radius 3 is 2.31 bits per heavy atom. The van der Waals surface area contributed by atoms with Gasteiger partial charge in [0, 0.05) is 0 Å². The van der Waals surface area contributed by atoms with Crippen molar-refractivity contribution in [2.24, 2.45) is 0 Å². The first-order chi connectivity index (χ1) is 7.27. The summed E-state index contributed by atoms with van der Waals surface area (Å²) in [6.07, 6.45) is -8.16. The average Bonchev–Trinajstić information content (AvgIpc) is 2.15. The van der Waals surface area contributed by atoms with Gasteiger partial charge in [-0.25, -0.2) is 13.8 Å². The van der Waals surface area contributed by atoms with Gasteiger partial charge in [0.15, 0.2) is 0 Å². The third-order valence-electron chi connectivity index (χ3n) is 1.68. The Kier molecular flexibility index (Phi) is 3.92. The molecule has 8 heteroatoms. The van der Waals surface area contributed by atoms with Crippen molar-refractivity contribution < 1.29 is 26.7 Å². The molecule has 0 aromatic carbocycles. The molecule has 0 atom stereocenters. The molecule has 0 saturated carbocycles. The first-order valence-electron chi connectivity index (χ1n) is 3.87. The van der Waals surface area contributed by atoms with Crippen LogP contribution in [0.3, 0.4) is 0 Å². The number of methoxy groups -OCH3 is 1. The highest BCUT2D eigenvalue weighted by atomic mass is 127. The van der Waals surface area contributed by atoms with Crippen LogP contribution in [0.25, 0.3) is 0 Å². The molecular formula is C8H5F5INO. The summed E-state index contributed by atoms with van der Waals surface area (Å²) in [5.41, 5.74) is -2.75. The molecule has 90 valence electrons. The van der Waals surface area contributed by atoms with Crippen molar-refractivity contribution in [3.63, 3.8) is 0 Å². The van der Waals surface area contributed by atoms with Gasteiger partial charge in [-0.15, -0.1) is 0 Å². The lowest BCUT2D eigenvalue weighted by molar-refractivity contribution is -0.140. The van der Waals surface area contributed by atoms with E-state index in [0.717, 1.165) is 7.11 Å². The predicted octanol–water partition coefficient (Wildman–Crippen LogP) is 3.65. The Morgan fingerprint density at radius 1 is 1.38 bits per heavy atom. The molecule has 1 aromatic rings. The smallest absolute Gasteiger partial charge is 0.418 e. The summed E-state index contributed by atoms with van der Waals surface area (Å²) in [6, 6.07) is 0.591. The Balaban J connectivity index is 3.42. The second kappa shape index (κ2) is 4.68. The number of pyridine rings is 1. The van der Waals surface area contributed by atoms with Gasteiger partial charge in [-0.05, 0) is 28.7 Å². The van der Waals surface area contributed by atoms with Crippen molar-refractivity contribution >= 4 is 22.6 Å². The number of hydrogen-bond acceptors (Lipinski definition) is 2. The van der Waals surface area contributed by atoms with E-state index < -0.39 is 23.9 Å². The van der Waals surface area contributed by atoms with Gasteiger partial charge in [-0.1, -0.05) is 0 Å². The molecule has 0 aliphatic carbocycles. The predicted molar refractivity (Wildman–Crippen MR) is 53.5 cm³/mol. The quantitative estimate of drug-likeness (QED) is 0.598. The summed E-state index contributed by atoms with van der Waals surface area (Å²) < 4.78 is 66.6. The summed E-state index contributed by atoms with van der Waals surface area (Å²) in [5.74, 6) is -0.246. The zero-order valence-electron chi connectivity index (χ0n) is 7.78. The second-order valence-corrected chi connectivity index (χ2v) is 3.87. The molecule has 0 saturated heterocycles.